The Morgan fingerprint density at radius 3 is 2.38 bits per heavy atom. The van der Waals surface area contributed by atoms with Crippen molar-refractivity contribution in [2.24, 2.45) is 4.99 Å². The number of nitrogens with one attached hydrogen (secondary N) is 1. The Kier molecular flexibility index (Phi) is 6.72. The number of sulfonamides is 1. The van der Waals surface area contributed by atoms with Gasteiger partial charge in [-0.15, -0.1) is 0 Å². The van der Waals surface area contributed by atoms with Gasteiger partial charge in [-0.25, -0.2) is 8.42 Å². The van der Waals surface area contributed by atoms with Crippen LogP contribution in [-0.2, 0) is 10.0 Å². The van der Waals surface area contributed by atoms with Gasteiger partial charge in [0.25, 0.3) is 10.0 Å². The standard InChI is InChI=1S/C29H33N3O4S/c1-18-6-10-21(11-7-18)37(33,34)31-26-14-20(9-8-19(26)2)29-23-16-28(36-5)27(35-4)15-22(23)24-17-32(3)13-12-25(24)30-29/h6-11,14-16,24-25,31H,12-13,17H2,1-5H3/t24-,25-/m0/s1. The number of fused-ring (bicyclic) bond motifs is 3. The van der Waals surface area contributed by atoms with Crippen molar-refractivity contribution in [2.45, 2.75) is 37.1 Å². The number of hydrogen-bond donors (Lipinski definition) is 1. The molecule has 37 heavy (non-hydrogen) atoms. The molecular weight excluding hydrogens is 486 g/mol. The highest BCUT2D eigenvalue weighted by atomic mass is 32.2. The Morgan fingerprint density at radius 2 is 1.68 bits per heavy atom. The summed E-state index contributed by atoms with van der Waals surface area (Å²) in [5, 5.41) is 0. The summed E-state index contributed by atoms with van der Waals surface area (Å²) >= 11 is 0. The highest BCUT2D eigenvalue weighted by Crippen LogP contribution is 2.42. The number of aryl methyl sites for hydroxylation is 2. The van der Waals surface area contributed by atoms with Crippen molar-refractivity contribution >= 4 is 21.4 Å². The van der Waals surface area contributed by atoms with Crippen molar-refractivity contribution in [2.75, 3.05) is 39.1 Å². The van der Waals surface area contributed by atoms with Crippen molar-refractivity contribution in [3.8, 4) is 11.5 Å². The second kappa shape index (κ2) is 9.84. The molecule has 0 bridgehead atoms. The molecule has 5 rings (SSSR count). The molecule has 0 aliphatic carbocycles. The van der Waals surface area contributed by atoms with E-state index in [1.165, 1.54) is 5.56 Å². The fourth-order valence-electron chi connectivity index (χ4n) is 5.24. The number of hydrogen-bond acceptors (Lipinski definition) is 6. The lowest BCUT2D eigenvalue weighted by molar-refractivity contribution is 0.227. The van der Waals surface area contributed by atoms with E-state index in [1.807, 2.05) is 38.1 Å². The number of likely N-dealkylation sites (tertiary alicyclic amines) is 1. The molecule has 3 aromatic carbocycles. The number of aliphatic imine (C=N–C) groups is 1. The minimum atomic E-state index is -3.74. The molecule has 1 fully saturated rings. The first-order valence-electron chi connectivity index (χ1n) is 12.4. The van der Waals surface area contributed by atoms with E-state index < -0.39 is 10.0 Å². The molecule has 2 aliphatic heterocycles. The summed E-state index contributed by atoms with van der Waals surface area (Å²) in [6.45, 7) is 5.73. The number of benzene rings is 3. The lowest BCUT2D eigenvalue weighted by atomic mass is 9.79. The third-order valence-electron chi connectivity index (χ3n) is 7.37. The minimum Gasteiger partial charge on any atom is -0.493 e. The van der Waals surface area contributed by atoms with Crippen LogP contribution in [-0.4, -0.2) is 59.4 Å². The molecule has 3 aromatic rings. The van der Waals surface area contributed by atoms with E-state index >= 15 is 0 Å². The molecular formula is C29H33N3O4S. The Hall–Kier alpha value is -3.36. The molecule has 0 saturated carbocycles. The summed E-state index contributed by atoms with van der Waals surface area (Å²) in [5.74, 6) is 1.59. The van der Waals surface area contributed by atoms with Crippen LogP contribution in [0.2, 0.25) is 0 Å². The zero-order valence-corrected chi connectivity index (χ0v) is 22.7. The molecule has 0 spiro atoms. The van der Waals surface area contributed by atoms with E-state index in [-0.39, 0.29) is 16.9 Å². The molecule has 1 saturated heterocycles. The van der Waals surface area contributed by atoms with Crippen LogP contribution in [0.25, 0.3) is 0 Å². The number of piperidine rings is 1. The van der Waals surface area contributed by atoms with Crippen molar-refractivity contribution in [1.29, 1.82) is 0 Å². The van der Waals surface area contributed by atoms with Crippen molar-refractivity contribution in [3.63, 3.8) is 0 Å². The normalized spacial score (nSPS) is 19.4. The van der Waals surface area contributed by atoms with Crippen LogP contribution in [0.5, 0.6) is 11.5 Å². The average Bonchev–Trinajstić information content (AvgIpc) is 2.89. The lowest BCUT2D eigenvalue weighted by Gasteiger charge is -2.39. The van der Waals surface area contributed by atoms with Crippen LogP contribution in [0, 0.1) is 13.8 Å². The Morgan fingerprint density at radius 1 is 0.973 bits per heavy atom. The fourth-order valence-corrected chi connectivity index (χ4v) is 6.36. The van der Waals surface area contributed by atoms with Crippen LogP contribution in [0.4, 0.5) is 5.69 Å². The zero-order chi connectivity index (χ0) is 26.3. The molecule has 1 N–H and O–H groups in total. The molecule has 0 radical (unpaired) electrons. The number of methoxy groups -OCH3 is 2. The Bertz CT molecular complexity index is 1470. The van der Waals surface area contributed by atoms with Gasteiger partial charge in [0.05, 0.1) is 36.6 Å². The molecule has 0 aromatic heterocycles. The van der Waals surface area contributed by atoms with Crippen LogP contribution in [0.3, 0.4) is 0 Å². The van der Waals surface area contributed by atoms with Crippen molar-refractivity contribution in [3.05, 3.63) is 82.4 Å². The van der Waals surface area contributed by atoms with Gasteiger partial charge in [0, 0.05) is 23.6 Å². The third kappa shape index (κ3) is 4.83. The second-order valence-electron chi connectivity index (χ2n) is 9.95. The average molecular weight is 520 g/mol. The second-order valence-corrected chi connectivity index (χ2v) is 11.6. The van der Waals surface area contributed by atoms with Gasteiger partial charge >= 0.3 is 0 Å². The van der Waals surface area contributed by atoms with E-state index in [2.05, 4.69) is 22.7 Å². The van der Waals surface area contributed by atoms with Crippen LogP contribution < -0.4 is 14.2 Å². The molecule has 2 aliphatic rings. The number of nitrogens with zero attached hydrogens (tertiary/aromatic N) is 2. The summed E-state index contributed by atoms with van der Waals surface area (Å²) in [6.07, 6.45) is 0.956. The van der Waals surface area contributed by atoms with E-state index in [0.29, 0.717) is 17.2 Å². The summed E-state index contributed by atoms with van der Waals surface area (Å²) in [4.78, 5) is 7.80. The van der Waals surface area contributed by atoms with Gasteiger partial charge in [0.2, 0.25) is 0 Å². The highest BCUT2D eigenvalue weighted by Gasteiger charge is 2.36. The zero-order valence-electron chi connectivity index (χ0n) is 21.9. The molecule has 194 valence electrons. The quantitative estimate of drug-likeness (QED) is 0.508. The maximum Gasteiger partial charge on any atom is 0.261 e. The predicted octanol–water partition coefficient (Wildman–Crippen LogP) is 4.76. The molecule has 8 heteroatoms. The van der Waals surface area contributed by atoms with E-state index in [4.69, 9.17) is 14.5 Å². The molecule has 2 heterocycles. The number of rotatable bonds is 6. The van der Waals surface area contributed by atoms with Gasteiger partial charge in [-0.1, -0.05) is 29.8 Å². The highest BCUT2D eigenvalue weighted by molar-refractivity contribution is 7.92. The molecule has 0 unspecified atom stereocenters. The monoisotopic (exact) mass is 519 g/mol. The maximum absolute atomic E-state index is 13.1. The predicted molar refractivity (Wildman–Crippen MR) is 147 cm³/mol. The largest absolute Gasteiger partial charge is 0.493 e. The van der Waals surface area contributed by atoms with Gasteiger partial charge < -0.3 is 14.4 Å². The van der Waals surface area contributed by atoms with E-state index in [0.717, 1.165) is 47.5 Å². The van der Waals surface area contributed by atoms with Gasteiger partial charge in [0.15, 0.2) is 11.5 Å². The minimum absolute atomic E-state index is 0.144. The first-order valence-corrected chi connectivity index (χ1v) is 13.9. The summed E-state index contributed by atoms with van der Waals surface area (Å²) in [6, 6.07) is 16.9. The van der Waals surface area contributed by atoms with Crippen LogP contribution in [0.1, 0.15) is 40.2 Å². The van der Waals surface area contributed by atoms with Gasteiger partial charge in [-0.2, -0.15) is 0 Å². The molecule has 7 nitrogen and oxygen atoms in total. The van der Waals surface area contributed by atoms with E-state index in [9.17, 15) is 8.42 Å². The van der Waals surface area contributed by atoms with Crippen LogP contribution in [0.15, 0.2) is 64.5 Å². The fraction of sp³-hybridized carbons (Fsp3) is 0.345. The first-order chi connectivity index (χ1) is 17.7. The number of ether oxygens (including phenoxy) is 2. The number of likely N-dealkylation sites (N-methyl/N-ethyl adjacent to an activating group) is 1. The Balaban J connectivity index is 1.59. The summed E-state index contributed by atoms with van der Waals surface area (Å²) in [7, 11) is 1.69. The third-order valence-corrected chi connectivity index (χ3v) is 8.75. The summed E-state index contributed by atoms with van der Waals surface area (Å²) in [5.41, 5.74) is 6.25. The van der Waals surface area contributed by atoms with Crippen molar-refractivity contribution in [1.82, 2.24) is 4.90 Å². The van der Waals surface area contributed by atoms with Gasteiger partial charge in [-0.3, -0.25) is 9.71 Å². The van der Waals surface area contributed by atoms with Gasteiger partial charge in [0.1, 0.15) is 0 Å². The van der Waals surface area contributed by atoms with Crippen LogP contribution >= 0.6 is 0 Å². The smallest absolute Gasteiger partial charge is 0.261 e. The lowest BCUT2D eigenvalue weighted by Crippen LogP contribution is -2.41. The molecule has 2 atom stereocenters. The van der Waals surface area contributed by atoms with Crippen molar-refractivity contribution < 1.29 is 17.9 Å². The Labute approximate surface area is 219 Å². The first kappa shape index (κ1) is 25.3. The number of anilines is 1. The van der Waals surface area contributed by atoms with E-state index in [1.54, 1.807) is 38.5 Å². The summed E-state index contributed by atoms with van der Waals surface area (Å²) < 4.78 is 40.4. The maximum atomic E-state index is 13.1. The van der Waals surface area contributed by atoms with Gasteiger partial charge in [-0.05, 0) is 75.3 Å². The molecule has 0 amide bonds. The SMILES string of the molecule is COc1cc2c(cc1OC)[C@@H]1CN(C)CC[C@@H]1N=C2c1ccc(C)c(NS(=O)(=O)c2ccc(C)cc2)c1. The topological polar surface area (TPSA) is 80.2 Å².